The highest BCUT2D eigenvalue weighted by molar-refractivity contribution is 6.07. The highest BCUT2D eigenvalue weighted by atomic mass is 16.2. The van der Waals surface area contributed by atoms with Crippen molar-refractivity contribution in [2.75, 3.05) is 5.32 Å². The second kappa shape index (κ2) is 8.06. The molecule has 144 valence electrons. The summed E-state index contributed by atoms with van der Waals surface area (Å²) in [5, 5.41) is 11.4. The van der Waals surface area contributed by atoms with E-state index in [0.29, 0.717) is 11.4 Å². The molecule has 29 heavy (non-hydrogen) atoms. The Morgan fingerprint density at radius 2 is 1.66 bits per heavy atom. The van der Waals surface area contributed by atoms with Crippen LogP contribution in [-0.2, 0) is 0 Å². The Morgan fingerprint density at radius 3 is 2.38 bits per heavy atom. The fraction of sp³-hybridized carbons (Fsp3) is 0.130. The smallest absolute Gasteiger partial charge is 0.278 e. The van der Waals surface area contributed by atoms with E-state index in [1.807, 2.05) is 72.8 Å². The number of carbonyl (C=O) groups excluding carboxylic acids is 1. The van der Waals surface area contributed by atoms with Crippen LogP contribution in [0.1, 0.15) is 35.8 Å². The SMILES string of the molecule is CC(C)c1ccccc1NC(=O)c1nnn(-c2ccccc2)c1-c1ccccn1. The number of nitrogens with zero attached hydrogens (tertiary/aromatic N) is 4. The molecule has 0 radical (unpaired) electrons. The lowest BCUT2D eigenvalue weighted by Gasteiger charge is -2.13. The number of anilines is 1. The first-order chi connectivity index (χ1) is 14.1. The Bertz CT molecular complexity index is 1120. The van der Waals surface area contributed by atoms with Crippen LogP contribution in [0.2, 0.25) is 0 Å². The minimum absolute atomic E-state index is 0.228. The Kier molecular flexibility index (Phi) is 5.16. The summed E-state index contributed by atoms with van der Waals surface area (Å²) in [5.41, 5.74) is 4.05. The number of para-hydroxylation sites is 2. The first-order valence-electron chi connectivity index (χ1n) is 9.48. The average Bonchev–Trinajstić information content (AvgIpc) is 3.20. The van der Waals surface area contributed by atoms with Gasteiger partial charge in [0.15, 0.2) is 5.69 Å². The van der Waals surface area contributed by atoms with Gasteiger partial charge in [0, 0.05) is 11.9 Å². The van der Waals surface area contributed by atoms with E-state index in [2.05, 4.69) is 34.5 Å². The van der Waals surface area contributed by atoms with Crippen molar-refractivity contribution in [3.63, 3.8) is 0 Å². The second-order valence-corrected chi connectivity index (χ2v) is 6.95. The van der Waals surface area contributed by atoms with Crippen molar-refractivity contribution in [3.05, 3.63) is 90.3 Å². The van der Waals surface area contributed by atoms with E-state index in [1.165, 1.54) is 0 Å². The number of amides is 1. The number of pyridine rings is 1. The summed E-state index contributed by atoms with van der Waals surface area (Å²) in [6.45, 7) is 4.19. The third-order valence-electron chi connectivity index (χ3n) is 4.62. The number of benzene rings is 2. The Morgan fingerprint density at radius 1 is 0.931 bits per heavy atom. The third kappa shape index (κ3) is 3.78. The molecule has 6 nitrogen and oxygen atoms in total. The maximum Gasteiger partial charge on any atom is 0.278 e. The molecule has 0 saturated heterocycles. The van der Waals surface area contributed by atoms with Crippen LogP contribution in [0, 0.1) is 0 Å². The van der Waals surface area contributed by atoms with Crippen LogP contribution < -0.4 is 5.32 Å². The van der Waals surface area contributed by atoms with Crippen LogP contribution in [0.5, 0.6) is 0 Å². The van der Waals surface area contributed by atoms with E-state index >= 15 is 0 Å². The quantitative estimate of drug-likeness (QED) is 0.542. The van der Waals surface area contributed by atoms with E-state index in [-0.39, 0.29) is 17.5 Å². The van der Waals surface area contributed by atoms with Gasteiger partial charge in [-0.2, -0.15) is 0 Å². The summed E-state index contributed by atoms with van der Waals surface area (Å²) in [6, 6.07) is 22.9. The van der Waals surface area contributed by atoms with E-state index in [1.54, 1.807) is 10.9 Å². The monoisotopic (exact) mass is 383 g/mol. The lowest BCUT2D eigenvalue weighted by Crippen LogP contribution is -2.16. The summed E-state index contributed by atoms with van der Waals surface area (Å²) >= 11 is 0. The molecule has 2 heterocycles. The highest BCUT2D eigenvalue weighted by Crippen LogP contribution is 2.27. The van der Waals surface area contributed by atoms with Gasteiger partial charge in [-0.25, -0.2) is 4.68 Å². The van der Waals surface area contributed by atoms with Gasteiger partial charge in [0.2, 0.25) is 0 Å². The van der Waals surface area contributed by atoms with Crippen molar-refractivity contribution < 1.29 is 4.79 Å². The molecular weight excluding hydrogens is 362 g/mol. The maximum atomic E-state index is 13.2. The van der Waals surface area contributed by atoms with Crippen LogP contribution in [0.15, 0.2) is 79.0 Å². The van der Waals surface area contributed by atoms with Gasteiger partial charge in [-0.1, -0.05) is 61.5 Å². The molecule has 4 rings (SSSR count). The van der Waals surface area contributed by atoms with E-state index in [4.69, 9.17) is 0 Å². The predicted molar refractivity (Wildman–Crippen MR) is 113 cm³/mol. The molecule has 6 heteroatoms. The lowest BCUT2D eigenvalue weighted by molar-refractivity contribution is 0.102. The van der Waals surface area contributed by atoms with Gasteiger partial charge in [-0.15, -0.1) is 5.10 Å². The maximum absolute atomic E-state index is 13.2. The number of hydrogen-bond donors (Lipinski definition) is 1. The Labute approximate surface area is 169 Å². The van der Waals surface area contributed by atoms with Gasteiger partial charge in [0.1, 0.15) is 5.69 Å². The summed E-state index contributed by atoms with van der Waals surface area (Å²) < 4.78 is 1.64. The minimum Gasteiger partial charge on any atom is -0.320 e. The molecule has 0 fully saturated rings. The molecule has 1 amide bonds. The number of rotatable bonds is 5. The molecule has 0 aliphatic heterocycles. The Balaban J connectivity index is 1.79. The fourth-order valence-corrected chi connectivity index (χ4v) is 3.21. The van der Waals surface area contributed by atoms with Crippen molar-refractivity contribution in [2.45, 2.75) is 19.8 Å². The number of hydrogen-bond acceptors (Lipinski definition) is 4. The first kappa shape index (κ1) is 18.6. The summed E-state index contributed by atoms with van der Waals surface area (Å²) in [4.78, 5) is 17.6. The highest BCUT2D eigenvalue weighted by Gasteiger charge is 2.23. The van der Waals surface area contributed by atoms with E-state index < -0.39 is 0 Å². The zero-order chi connectivity index (χ0) is 20.2. The molecule has 0 atom stereocenters. The van der Waals surface area contributed by atoms with Crippen molar-refractivity contribution in [1.29, 1.82) is 0 Å². The molecule has 0 aliphatic rings. The van der Waals surface area contributed by atoms with Gasteiger partial charge in [-0.05, 0) is 41.8 Å². The first-order valence-corrected chi connectivity index (χ1v) is 9.48. The molecular formula is C23H21N5O. The predicted octanol–water partition coefficient (Wildman–Crippen LogP) is 4.71. The van der Waals surface area contributed by atoms with Gasteiger partial charge in [0.25, 0.3) is 5.91 Å². The topological polar surface area (TPSA) is 72.7 Å². The summed E-state index contributed by atoms with van der Waals surface area (Å²) in [5.74, 6) is -0.0392. The summed E-state index contributed by atoms with van der Waals surface area (Å²) in [6.07, 6.45) is 1.69. The van der Waals surface area contributed by atoms with Crippen molar-refractivity contribution in [2.24, 2.45) is 0 Å². The van der Waals surface area contributed by atoms with Crippen molar-refractivity contribution in [1.82, 2.24) is 20.0 Å². The van der Waals surface area contributed by atoms with Crippen LogP contribution in [0.25, 0.3) is 17.1 Å². The second-order valence-electron chi connectivity index (χ2n) is 6.95. The summed E-state index contributed by atoms with van der Waals surface area (Å²) in [7, 11) is 0. The van der Waals surface area contributed by atoms with Crippen LogP contribution >= 0.6 is 0 Å². The van der Waals surface area contributed by atoms with E-state index in [9.17, 15) is 4.79 Å². The Hall–Kier alpha value is -3.80. The molecule has 0 unspecified atom stereocenters. The number of aromatic nitrogens is 4. The molecule has 0 saturated carbocycles. The third-order valence-corrected chi connectivity index (χ3v) is 4.62. The average molecular weight is 383 g/mol. The fourth-order valence-electron chi connectivity index (χ4n) is 3.21. The molecule has 0 bridgehead atoms. The van der Waals surface area contributed by atoms with Crippen LogP contribution in [0.3, 0.4) is 0 Å². The van der Waals surface area contributed by atoms with Gasteiger partial charge in [0.05, 0.1) is 11.4 Å². The number of nitrogens with one attached hydrogen (secondary N) is 1. The van der Waals surface area contributed by atoms with Crippen LogP contribution in [-0.4, -0.2) is 25.9 Å². The van der Waals surface area contributed by atoms with Crippen molar-refractivity contribution >= 4 is 11.6 Å². The number of carbonyl (C=O) groups is 1. The van der Waals surface area contributed by atoms with Gasteiger partial charge < -0.3 is 5.32 Å². The molecule has 2 aromatic carbocycles. The van der Waals surface area contributed by atoms with Crippen LogP contribution in [0.4, 0.5) is 5.69 Å². The molecule has 4 aromatic rings. The van der Waals surface area contributed by atoms with E-state index in [0.717, 1.165) is 16.9 Å². The molecule has 0 spiro atoms. The molecule has 1 N–H and O–H groups in total. The minimum atomic E-state index is -0.319. The largest absolute Gasteiger partial charge is 0.320 e. The standard InChI is InChI=1S/C23H21N5O/c1-16(2)18-12-6-7-13-19(18)25-23(29)21-22(20-14-8-9-15-24-20)28(27-26-21)17-10-4-3-5-11-17/h3-16H,1-2H3,(H,25,29). The van der Waals surface area contributed by atoms with Gasteiger partial charge in [-0.3, -0.25) is 9.78 Å². The normalized spacial score (nSPS) is 10.9. The zero-order valence-corrected chi connectivity index (χ0v) is 16.3. The molecule has 0 aliphatic carbocycles. The lowest BCUT2D eigenvalue weighted by atomic mass is 10.0. The van der Waals surface area contributed by atoms with Crippen molar-refractivity contribution in [3.8, 4) is 17.1 Å². The zero-order valence-electron chi connectivity index (χ0n) is 16.3. The molecule has 2 aromatic heterocycles. The van der Waals surface area contributed by atoms with Gasteiger partial charge >= 0.3 is 0 Å².